The number of aliphatic hydroxyl groups is 1. The fourth-order valence-corrected chi connectivity index (χ4v) is 1.97. The van der Waals surface area contributed by atoms with Gasteiger partial charge < -0.3 is 21.1 Å². The second-order valence-corrected chi connectivity index (χ2v) is 4.29. The summed E-state index contributed by atoms with van der Waals surface area (Å²) in [5.74, 6) is -0.0973. The molecule has 0 saturated heterocycles. The molecule has 0 heterocycles. The molecule has 1 aromatic carbocycles. The predicted molar refractivity (Wildman–Crippen MR) is 78.5 cm³/mol. The van der Waals surface area contributed by atoms with E-state index in [0.29, 0.717) is 30.8 Å². The van der Waals surface area contributed by atoms with Gasteiger partial charge in [-0.2, -0.15) is 0 Å². The molecule has 19 heavy (non-hydrogen) atoms. The van der Waals surface area contributed by atoms with Gasteiger partial charge in [-0.25, -0.2) is 0 Å². The number of carbonyl (C=O) groups is 1. The van der Waals surface area contributed by atoms with E-state index in [1.54, 1.807) is 12.1 Å². The fourth-order valence-electron chi connectivity index (χ4n) is 1.97. The topological polar surface area (TPSA) is 78.6 Å². The number of nitrogens with zero attached hydrogens (tertiary/aromatic N) is 1. The molecule has 1 rings (SSSR count). The van der Waals surface area contributed by atoms with Gasteiger partial charge in [0.1, 0.15) is 0 Å². The Morgan fingerprint density at radius 2 is 2.16 bits per heavy atom. The maximum atomic E-state index is 12.0. The van der Waals surface area contributed by atoms with Gasteiger partial charge in [0.15, 0.2) is 0 Å². The third-order valence-electron chi connectivity index (χ3n) is 2.91. The van der Waals surface area contributed by atoms with Gasteiger partial charge in [0.05, 0.1) is 11.3 Å². The Morgan fingerprint density at radius 1 is 1.42 bits per heavy atom. The molecule has 0 aliphatic heterocycles. The maximum Gasteiger partial charge on any atom is 0.253 e. The van der Waals surface area contributed by atoms with Crippen LogP contribution >= 0.6 is 0 Å². The molecule has 0 unspecified atom stereocenters. The number of anilines is 2. The summed E-state index contributed by atoms with van der Waals surface area (Å²) in [6, 6.07) is 5.29. The quantitative estimate of drug-likeness (QED) is 0.648. The minimum atomic E-state index is -0.0973. The highest BCUT2D eigenvalue weighted by Gasteiger charge is 2.15. The summed E-state index contributed by atoms with van der Waals surface area (Å²) >= 11 is 0. The predicted octanol–water partition coefficient (Wildman–Crippen LogP) is 1.23. The van der Waals surface area contributed by atoms with Crippen LogP contribution in [0.4, 0.5) is 11.4 Å². The van der Waals surface area contributed by atoms with Crippen molar-refractivity contribution < 1.29 is 9.90 Å². The molecule has 5 heteroatoms. The van der Waals surface area contributed by atoms with Gasteiger partial charge in [0, 0.05) is 31.9 Å². The number of benzene rings is 1. The lowest BCUT2D eigenvalue weighted by molar-refractivity contribution is 0.0956. The summed E-state index contributed by atoms with van der Waals surface area (Å²) in [6.45, 7) is 6.08. The summed E-state index contributed by atoms with van der Waals surface area (Å²) in [5, 5.41) is 11.7. The Morgan fingerprint density at radius 3 is 2.74 bits per heavy atom. The number of nitrogen functional groups attached to an aromatic ring is 1. The molecule has 0 bridgehead atoms. The first-order valence-electron chi connectivity index (χ1n) is 6.67. The number of aliphatic hydroxyl groups excluding tert-OH is 1. The van der Waals surface area contributed by atoms with Crippen molar-refractivity contribution in [1.29, 1.82) is 0 Å². The second kappa shape index (κ2) is 7.63. The molecular weight excluding hydrogens is 242 g/mol. The van der Waals surface area contributed by atoms with E-state index in [1.807, 2.05) is 19.9 Å². The zero-order valence-corrected chi connectivity index (χ0v) is 11.6. The lowest BCUT2D eigenvalue weighted by atomic mass is 10.1. The number of carbonyl (C=O) groups excluding carboxylic acids is 1. The summed E-state index contributed by atoms with van der Waals surface area (Å²) in [5.41, 5.74) is 7.89. The molecule has 1 amide bonds. The summed E-state index contributed by atoms with van der Waals surface area (Å²) < 4.78 is 0. The van der Waals surface area contributed by atoms with Crippen LogP contribution in [0.5, 0.6) is 0 Å². The molecule has 106 valence electrons. The number of nitrogens with two attached hydrogens (primary N) is 1. The number of rotatable bonds is 7. The van der Waals surface area contributed by atoms with E-state index in [-0.39, 0.29) is 12.5 Å². The molecule has 4 N–H and O–H groups in total. The standard InChI is InChI=1S/C14H23N3O2/c1-3-16-14(19)12-7-6-11(15)10-13(12)17(4-2)8-5-9-18/h6-7,10,18H,3-5,8-9,15H2,1-2H3,(H,16,19). The summed E-state index contributed by atoms with van der Waals surface area (Å²) in [6.07, 6.45) is 0.664. The van der Waals surface area contributed by atoms with Crippen LogP contribution in [0, 0.1) is 0 Å². The molecular formula is C14H23N3O2. The van der Waals surface area contributed by atoms with Crippen molar-refractivity contribution >= 4 is 17.3 Å². The fraction of sp³-hybridized carbons (Fsp3) is 0.500. The zero-order valence-electron chi connectivity index (χ0n) is 11.6. The van der Waals surface area contributed by atoms with Crippen LogP contribution in [0.2, 0.25) is 0 Å². The van der Waals surface area contributed by atoms with Crippen molar-refractivity contribution in [3.63, 3.8) is 0 Å². The number of nitrogens with one attached hydrogen (secondary N) is 1. The maximum absolute atomic E-state index is 12.0. The first-order chi connectivity index (χ1) is 9.13. The van der Waals surface area contributed by atoms with Crippen molar-refractivity contribution in [2.45, 2.75) is 20.3 Å². The SMILES string of the molecule is CCNC(=O)c1ccc(N)cc1N(CC)CCCO. The van der Waals surface area contributed by atoms with E-state index >= 15 is 0 Å². The lowest BCUT2D eigenvalue weighted by Crippen LogP contribution is -2.30. The normalized spacial score (nSPS) is 10.3. The second-order valence-electron chi connectivity index (χ2n) is 4.29. The van der Waals surface area contributed by atoms with Crippen LogP contribution in [-0.4, -0.2) is 37.3 Å². The third kappa shape index (κ3) is 4.13. The molecule has 0 atom stereocenters. The Kier molecular flexibility index (Phi) is 6.15. The van der Waals surface area contributed by atoms with Gasteiger partial charge in [-0.05, 0) is 38.5 Å². The molecule has 0 aliphatic carbocycles. The smallest absolute Gasteiger partial charge is 0.253 e. The Balaban J connectivity index is 3.07. The van der Waals surface area contributed by atoms with Crippen molar-refractivity contribution in [2.75, 3.05) is 36.9 Å². The highest BCUT2D eigenvalue weighted by Crippen LogP contribution is 2.24. The van der Waals surface area contributed by atoms with Crippen molar-refractivity contribution in [3.8, 4) is 0 Å². The van der Waals surface area contributed by atoms with E-state index in [2.05, 4.69) is 10.2 Å². The van der Waals surface area contributed by atoms with E-state index in [4.69, 9.17) is 10.8 Å². The van der Waals surface area contributed by atoms with Gasteiger partial charge in [-0.15, -0.1) is 0 Å². The van der Waals surface area contributed by atoms with Crippen LogP contribution in [0.1, 0.15) is 30.6 Å². The lowest BCUT2D eigenvalue weighted by Gasteiger charge is -2.25. The Hall–Kier alpha value is -1.75. The van der Waals surface area contributed by atoms with E-state index in [1.165, 1.54) is 0 Å². The minimum absolute atomic E-state index is 0.0973. The number of hydrogen-bond donors (Lipinski definition) is 3. The molecule has 1 aromatic rings. The third-order valence-corrected chi connectivity index (χ3v) is 2.91. The first kappa shape index (κ1) is 15.3. The first-order valence-corrected chi connectivity index (χ1v) is 6.67. The Labute approximate surface area is 114 Å². The molecule has 0 fully saturated rings. The van der Waals surface area contributed by atoms with Crippen molar-refractivity contribution in [1.82, 2.24) is 5.32 Å². The highest BCUT2D eigenvalue weighted by atomic mass is 16.3. The van der Waals surface area contributed by atoms with Gasteiger partial charge in [0.2, 0.25) is 0 Å². The minimum Gasteiger partial charge on any atom is -0.399 e. The number of amides is 1. The van der Waals surface area contributed by atoms with Crippen LogP contribution < -0.4 is 16.0 Å². The number of hydrogen-bond acceptors (Lipinski definition) is 4. The highest BCUT2D eigenvalue weighted by molar-refractivity contribution is 6.00. The average Bonchev–Trinajstić information content (AvgIpc) is 2.40. The molecule has 0 radical (unpaired) electrons. The van der Waals surface area contributed by atoms with Gasteiger partial charge >= 0.3 is 0 Å². The average molecular weight is 265 g/mol. The molecule has 0 aliphatic rings. The van der Waals surface area contributed by atoms with Crippen molar-refractivity contribution in [2.24, 2.45) is 0 Å². The van der Waals surface area contributed by atoms with Crippen LogP contribution in [0.3, 0.4) is 0 Å². The van der Waals surface area contributed by atoms with E-state index in [0.717, 1.165) is 12.2 Å². The Bertz CT molecular complexity index is 421. The van der Waals surface area contributed by atoms with Crippen LogP contribution in [-0.2, 0) is 0 Å². The van der Waals surface area contributed by atoms with Gasteiger partial charge in [-0.3, -0.25) is 4.79 Å². The summed E-state index contributed by atoms with van der Waals surface area (Å²) in [7, 11) is 0. The van der Waals surface area contributed by atoms with Gasteiger partial charge in [0.25, 0.3) is 5.91 Å². The summed E-state index contributed by atoms with van der Waals surface area (Å²) in [4.78, 5) is 14.1. The zero-order chi connectivity index (χ0) is 14.3. The van der Waals surface area contributed by atoms with Crippen molar-refractivity contribution in [3.05, 3.63) is 23.8 Å². The van der Waals surface area contributed by atoms with Crippen LogP contribution in [0.15, 0.2) is 18.2 Å². The monoisotopic (exact) mass is 265 g/mol. The molecule has 5 nitrogen and oxygen atoms in total. The van der Waals surface area contributed by atoms with Crippen LogP contribution in [0.25, 0.3) is 0 Å². The largest absolute Gasteiger partial charge is 0.399 e. The van der Waals surface area contributed by atoms with E-state index < -0.39 is 0 Å². The molecule has 0 saturated carbocycles. The molecule has 0 spiro atoms. The van der Waals surface area contributed by atoms with E-state index in [9.17, 15) is 4.79 Å². The molecule has 0 aromatic heterocycles. The van der Waals surface area contributed by atoms with Gasteiger partial charge in [-0.1, -0.05) is 0 Å².